The van der Waals surface area contributed by atoms with Crippen molar-refractivity contribution in [3.8, 4) is 0 Å². The van der Waals surface area contributed by atoms with Crippen LogP contribution in [0.3, 0.4) is 0 Å². The summed E-state index contributed by atoms with van der Waals surface area (Å²) in [4.78, 5) is 12.9. The second kappa shape index (κ2) is 8.61. The van der Waals surface area contributed by atoms with Crippen molar-refractivity contribution in [1.29, 1.82) is 0 Å². The van der Waals surface area contributed by atoms with Crippen LogP contribution in [0.5, 0.6) is 0 Å². The summed E-state index contributed by atoms with van der Waals surface area (Å²) >= 11 is 0. The molecule has 1 aliphatic rings. The first-order valence-corrected chi connectivity index (χ1v) is 10.2. The first kappa shape index (κ1) is 21.4. The number of halogens is 2. The van der Waals surface area contributed by atoms with Gasteiger partial charge in [-0.15, -0.1) is 0 Å². The Bertz CT molecular complexity index is 838. The van der Waals surface area contributed by atoms with E-state index < -0.39 is 29.8 Å². The van der Waals surface area contributed by atoms with Crippen LogP contribution in [0.4, 0.5) is 8.78 Å². The molecule has 7 heteroatoms. The molecule has 1 N–H and O–H groups in total. The number of nitrogens with zero attached hydrogens (tertiary/aromatic N) is 2. The predicted molar refractivity (Wildman–Crippen MR) is 103 cm³/mol. The van der Waals surface area contributed by atoms with E-state index in [1.807, 2.05) is 19.3 Å². The van der Waals surface area contributed by atoms with Crippen LogP contribution in [0.2, 0.25) is 0 Å². The number of hydrogen-bond donors (Lipinski definition) is 1. The minimum Gasteiger partial charge on any atom is -0.463 e. The number of carbonyl (C=O) groups excluding carboxylic acids is 1. The Balaban J connectivity index is 1.66. The lowest BCUT2D eigenvalue weighted by atomic mass is 9.80. The van der Waals surface area contributed by atoms with E-state index in [9.17, 15) is 18.7 Å². The average molecular weight is 407 g/mol. The van der Waals surface area contributed by atoms with Crippen molar-refractivity contribution in [3.63, 3.8) is 0 Å². The van der Waals surface area contributed by atoms with E-state index in [1.54, 1.807) is 30.3 Å². The number of hydrogen-bond acceptors (Lipinski definition) is 3. The fraction of sp³-hybridized carbons (Fsp3) is 0.545. The molecule has 1 fully saturated rings. The summed E-state index contributed by atoms with van der Waals surface area (Å²) in [6, 6.07) is 8.28. The smallest absolute Gasteiger partial charge is 0.343 e. The average Bonchev–Trinajstić information content (AvgIpc) is 3.26. The molecule has 3 rings (SSSR count). The Hall–Kier alpha value is -2.28. The molecule has 0 unspecified atom stereocenters. The Labute approximate surface area is 169 Å². The van der Waals surface area contributed by atoms with Gasteiger partial charge in [0, 0.05) is 32.1 Å². The number of alkyl halides is 2. The molecule has 5 nitrogen and oxygen atoms in total. The number of aryl methyl sites for hydroxylation is 2. The van der Waals surface area contributed by atoms with Gasteiger partial charge in [-0.05, 0) is 18.9 Å². The molecule has 0 bridgehead atoms. The van der Waals surface area contributed by atoms with Crippen molar-refractivity contribution in [1.82, 2.24) is 4.57 Å². The van der Waals surface area contributed by atoms with Gasteiger partial charge in [0.1, 0.15) is 12.4 Å². The monoisotopic (exact) mass is 407 g/mol. The fourth-order valence-electron chi connectivity index (χ4n) is 4.14. The first-order valence-electron chi connectivity index (χ1n) is 10.2. The third-order valence-electron chi connectivity index (χ3n) is 5.89. The van der Waals surface area contributed by atoms with Crippen LogP contribution in [0.15, 0.2) is 42.7 Å². The molecular weight excluding hydrogens is 378 g/mol. The summed E-state index contributed by atoms with van der Waals surface area (Å²) in [7, 11) is 0. The maximum Gasteiger partial charge on any atom is 0.343 e. The van der Waals surface area contributed by atoms with Crippen molar-refractivity contribution in [2.75, 3.05) is 6.61 Å². The third kappa shape index (κ3) is 4.50. The number of benzene rings is 1. The zero-order valence-corrected chi connectivity index (χ0v) is 17.0. The Morgan fingerprint density at radius 2 is 2.10 bits per heavy atom. The SMILES string of the molecule is CCn1cc[n+](CCCOC(=O)[C@](O)(c2ccccc2)[C@H]2CCC(F)(F)C2)c1C. The van der Waals surface area contributed by atoms with Crippen LogP contribution in [-0.4, -0.2) is 28.2 Å². The highest BCUT2D eigenvalue weighted by Gasteiger charge is 2.54. The Kier molecular flexibility index (Phi) is 6.36. The quantitative estimate of drug-likeness (QED) is 0.415. The molecule has 0 aliphatic heterocycles. The number of esters is 1. The Morgan fingerprint density at radius 1 is 1.38 bits per heavy atom. The van der Waals surface area contributed by atoms with Crippen molar-refractivity contribution < 1.29 is 28.0 Å². The molecule has 0 radical (unpaired) electrons. The van der Waals surface area contributed by atoms with E-state index in [2.05, 4.69) is 16.1 Å². The zero-order chi connectivity index (χ0) is 21.1. The van der Waals surface area contributed by atoms with E-state index in [0.717, 1.165) is 12.4 Å². The fourth-order valence-corrected chi connectivity index (χ4v) is 4.14. The second-order valence-electron chi connectivity index (χ2n) is 7.74. The van der Waals surface area contributed by atoms with Gasteiger partial charge in [0.2, 0.25) is 5.92 Å². The summed E-state index contributed by atoms with van der Waals surface area (Å²) < 4.78 is 37.2. The van der Waals surface area contributed by atoms with Gasteiger partial charge in [0.05, 0.1) is 19.7 Å². The number of aliphatic hydroxyl groups is 1. The van der Waals surface area contributed by atoms with Gasteiger partial charge in [-0.1, -0.05) is 30.3 Å². The number of carbonyl (C=O) groups is 1. The van der Waals surface area contributed by atoms with E-state index in [4.69, 9.17) is 4.74 Å². The molecule has 1 heterocycles. The second-order valence-corrected chi connectivity index (χ2v) is 7.74. The molecule has 2 atom stereocenters. The topological polar surface area (TPSA) is 55.3 Å². The molecule has 1 aromatic carbocycles. The van der Waals surface area contributed by atoms with Gasteiger partial charge < -0.3 is 9.84 Å². The molecular formula is C22H29F2N2O3+. The maximum absolute atomic E-state index is 13.8. The molecule has 158 valence electrons. The van der Waals surface area contributed by atoms with E-state index in [1.165, 1.54) is 0 Å². The van der Waals surface area contributed by atoms with Gasteiger partial charge in [0.25, 0.3) is 5.82 Å². The Morgan fingerprint density at radius 3 is 2.69 bits per heavy atom. The molecule has 1 saturated carbocycles. The van der Waals surface area contributed by atoms with Crippen molar-refractivity contribution in [3.05, 3.63) is 54.1 Å². The zero-order valence-electron chi connectivity index (χ0n) is 17.0. The summed E-state index contributed by atoms with van der Waals surface area (Å²) in [5, 5.41) is 11.3. The molecule has 0 amide bonds. The maximum atomic E-state index is 13.8. The van der Waals surface area contributed by atoms with Crippen molar-refractivity contribution in [2.24, 2.45) is 5.92 Å². The lowest BCUT2D eigenvalue weighted by Gasteiger charge is -2.32. The van der Waals surface area contributed by atoms with Crippen LogP contribution in [0.1, 0.15) is 44.0 Å². The van der Waals surface area contributed by atoms with Gasteiger partial charge in [0.15, 0.2) is 5.60 Å². The third-order valence-corrected chi connectivity index (χ3v) is 5.89. The summed E-state index contributed by atoms with van der Waals surface area (Å²) in [6.07, 6.45) is 3.76. The summed E-state index contributed by atoms with van der Waals surface area (Å²) in [5.74, 6) is -3.48. The largest absolute Gasteiger partial charge is 0.463 e. The predicted octanol–water partition coefficient (Wildman–Crippen LogP) is 3.36. The standard InChI is InChI=1S/C22H29F2N2O3/c1-3-25-13-14-26(17(25)2)12-7-15-29-20(27)22(28,18-8-5-4-6-9-18)19-10-11-21(23,24)16-19/h4-6,8-9,13-14,19,28H,3,7,10-12,15-16H2,1-2H3/q+1/t19-,22-/m0/s1. The molecule has 1 aromatic heterocycles. The minimum absolute atomic E-state index is 0.0765. The van der Waals surface area contributed by atoms with E-state index in [-0.39, 0.29) is 19.4 Å². The van der Waals surface area contributed by atoms with Gasteiger partial charge in [-0.3, -0.25) is 0 Å². The van der Waals surface area contributed by atoms with Crippen molar-refractivity contribution >= 4 is 5.97 Å². The minimum atomic E-state index is -2.87. The first-order chi connectivity index (χ1) is 13.8. The number of ether oxygens (including phenoxy) is 1. The molecule has 0 spiro atoms. The van der Waals surface area contributed by atoms with Gasteiger partial charge in [-0.2, -0.15) is 0 Å². The van der Waals surface area contributed by atoms with Crippen LogP contribution in [-0.2, 0) is 28.2 Å². The molecule has 29 heavy (non-hydrogen) atoms. The molecule has 0 saturated heterocycles. The normalized spacial score (nSPS) is 20.4. The van der Waals surface area contributed by atoms with Crippen molar-refractivity contribution in [2.45, 2.75) is 64.1 Å². The highest BCUT2D eigenvalue weighted by atomic mass is 19.3. The highest BCUT2D eigenvalue weighted by molar-refractivity contribution is 5.81. The summed E-state index contributed by atoms with van der Waals surface area (Å²) in [5.41, 5.74) is -1.76. The lowest BCUT2D eigenvalue weighted by Crippen LogP contribution is -2.44. The van der Waals surface area contributed by atoms with Crippen LogP contribution >= 0.6 is 0 Å². The van der Waals surface area contributed by atoms with Crippen LogP contribution in [0, 0.1) is 12.8 Å². The number of imidazole rings is 1. The highest BCUT2D eigenvalue weighted by Crippen LogP contribution is 2.47. The van der Waals surface area contributed by atoms with Crippen LogP contribution in [0.25, 0.3) is 0 Å². The lowest BCUT2D eigenvalue weighted by molar-refractivity contribution is -0.702. The van der Waals surface area contributed by atoms with E-state index >= 15 is 0 Å². The van der Waals surface area contributed by atoms with E-state index in [0.29, 0.717) is 18.5 Å². The van der Waals surface area contributed by atoms with Gasteiger partial charge >= 0.3 is 5.97 Å². The molecule has 2 aromatic rings. The summed E-state index contributed by atoms with van der Waals surface area (Å²) in [6.45, 7) is 5.74. The molecule has 1 aliphatic carbocycles. The van der Waals surface area contributed by atoms with Gasteiger partial charge in [-0.25, -0.2) is 22.7 Å². The number of aromatic nitrogens is 2. The van der Waals surface area contributed by atoms with Crippen LogP contribution < -0.4 is 4.57 Å². The number of rotatable bonds is 8.